The van der Waals surface area contributed by atoms with Crippen LogP contribution in [0, 0.1) is 6.92 Å². The molecule has 8 nitrogen and oxygen atoms in total. The zero-order valence-corrected chi connectivity index (χ0v) is 19.2. The van der Waals surface area contributed by atoms with Gasteiger partial charge in [-0.1, -0.05) is 12.1 Å². The summed E-state index contributed by atoms with van der Waals surface area (Å²) in [5, 5.41) is 5.56. The standard InChI is InChI=1S/C22H31N5O3S/c1-16(2)31(29,30)19-8-6-18(7-9-19)15-21(28)23-10-11-24-22-25-17(3)14-20(26-22)27-12-4-5-13-27/h6-9,14,16H,4-5,10-13,15H2,1-3H3,(H,23,28)(H,24,25,26). The van der Waals surface area contributed by atoms with Crippen LogP contribution in [0.3, 0.4) is 0 Å². The zero-order valence-electron chi connectivity index (χ0n) is 18.4. The van der Waals surface area contributed by atoms with Crippen LogP contribution in [-0.2, 0) is 21.1 Å². The van der Waals surface area contributed by atoms with Crippen molar-refractivity contribution >= 4 is 27.5 Å². The first-order chi connectivity index (χ1) is 14.8. The van der Waals surface area contributed by atoms with Crippen LogP contribution in [0.2, 0.25) is 0 Å². The van der Waals surface area contributed by atoms with Gasteiger partial charge in [-0.15, -0.1) is 0 Å². The number of aryl methyl sites for hydroxylation is 1. The largest absolute Gasteiger partial charge is 0.356 e. The highest BCUT2D eigenvalue weighted by molar-refractivity contribution is 7.92. The quantitative estimate of drug-likeness (QED) is 0.571. The fourth-order valence-electron chi connectivity index (χ4n) is 3.43. The highest BCUT2D eigenvalue weighted by Crippen LogP contribution is 2.20. The summed E-state index contributed by atoms with van der Waals surface area (Å²) in [5.74, 6) is 1.39. The normalized spacial score (nSPS) is 14.1. The molecule has 0 saturated carbocycles. The predicted molar refractivity (Wildman–Crippen MR) is 122 cm³/mol. The molecule has 0 unspecified atom stereocenters. The van der Waals surface area contributed by atoms with Crippen LogP contribution in [-0.4, -0.2) is 55.7 Å². The topological polar surface area (TPSA) is 104 Å². The maximum atomic E-state index is 12.2. The molecule has 1 fully saturated rings. The Balaban J connectivity index is 1.45. The average Bonchev–Trinajstić information content (AvgIpc) is 3.26. The van der Waals surface area contributed by atoms with Crippen LogP contribution >= 0.6 is 0 Å². The van der Waals surface area contributed by atoms with E-state index < -0.39 is 15.1 Å². The first kappa shape index (κ1) is 23.0. The van der Waals surface area contributed by atoms with Gasteiger partial charge in [0.15, 0.2) is 9.84 Å². The summed E-state index contributed by atoms with van der Waals surface area (Å²) in [5.41, 5.74) is 1.68. The first-order valence-electron chi connectivity index (χ1n) is 10.7. The molecule has 2 N–H and O–H groups in total. The number of aromatic nitrogens is 2. The zero-order chi connectivity index (χ0) is 22.4. The monoisotopic (exact) mass is 445 g/mol. The lowest BCUT2D eigenvalue weighted by atomic mass is 10.1. The fourth-order valence-corrected chi connectivity index (χ4v) is 4.49. The number of sulfone groups is 1. The van der Waals surface area contributed by atoms with Gasteiger partial charge >= 0.3 is 0 Å². The maximum absolute atomic E-state index is 12.2. The molecule has 1 aromatic carbocycles. The Bertz CT molecular complexity index is 1000. The van der Waals surface area contributed by atoms with Crippen LogP contribution in [0.5, 0.6) is 0 Å². The SMILES string of the molecule is Cc1cc(N2CCCC2)nc(NCCNC(=O)Cc2ccc(S(=O)(=O)C(C)C)cc2)n1. The molecule has 3 rings (SSSR count). The number of nitrogens with one attached hydrogen (secondary N) is 2. The van der Waals surface area contributed by atoms with Crippen LogP contribution in [0.1, 0.15) is 37.9 Å². The molecular formula is C22H31N5O3S. The molecule has 2 heterocycles. The minimum atomic E-state index is -3.30. The highest BCUT2D eigenvalue weighted by Gasteiger charge is 2.19. The average molecular weight is 446 g/mol. The fraction of sp³-hybridized carbons (Fsp3) is 0.500. The van der Waals surface area contributed by atoms with Crippen LogP contribution < -0.4 is 15.5 Å². The van der Waals surface area contributed by atoms with Crippen molar-refractivity contribution in [2.24, 2.45) is 0 Å². The summed E-state index contributed by atoms with van der Waals surface area (Å²) in [4.78, 5) is 23.7. The van der Waals surface area contributed by atoms with Gasteiger partial charge < -0.3 is 15.5 Å². The first-order valence-corrected chi connectivity index (χ1v) is 12.2. The van der Waals surface area contributed by atoms with Crippen molar-refractivity contribution in [2.45, 2.75) is 50.2 Å². The third kappa shape index (κ3) is 6.16. The molecule has 31 heavy (non-hydrogen) atoms. The number of rotatable bonds is 9. The Morgan fingerprint density at radius 3 is 2.42 bits per heavy atom. The van der Waals surface area contributed by atoms with Crippen molar-refractivity contribution in [1.82, 2.24) is 15.3 Å². The summed E-state index contributed by atoms with van der Waals surface area (Å²) in [6.07, 6.45) is 2.57. The van der Waals surface area contributed by atoms with Crippen molar-refractivity contribution < 1.29 is 13.2 Å². The molecule has 168 valence electrons. The van der Waals surface area contributed by atoms with Crippen molar-refractivity contribution in [2.75, 3.05) is 36.4 Å². The molecule has 9 heteroatoms. The second kappa shape index (κ2) is 10.1. The molecule has 0 atom stereocenters. The number of amides is 1. The molecule has 0 bridgehead atoms. The van der Waals surface area contributed by atoms with E-state index in [4.69, 9.17) is 0 Å². The minimum Gasteiger partial charge on any atom is -0.356 e. The van der Waals surface area contributed by atoms with Gasteiger partial charge in [0.1, 0.15) is 5.82 Å². The number of nitrogens with zero attached hydrogens (tertiary/aromatic N) is 3. The van der Waals surface area contributed by atoms with E-state index in [1.807, 2.05) is 13.0 Å². The Labute approximate surface area is 184 Å². The molecule has 2 aromatic rings. The van der Waals surface area contributed by atoms with Gasteiger partial charge in [-0.2, -0.15) is 4.98 Å². The van der Waals surface area contributed by atoms with Crippen LogP contribution in [0.4, 0.5) is 11.8 Å². The van der Waals surface area contributed by atoms with Gasteiger partial charge in [0, 0.05) is 37.9 Å². The van der Waals surface area contributed by atoms with Crippen LogP contribution in [0.25, 0.3) is 0 Å². The van der Waals surface area contributed by atoms with Crippen molar-refractivity contribution in [3.05, 3.63) is 41.6 Å². The van der Waals surface area contributed by atoms with E-state index in [1.165, 1.54) is 12.8 Å². The number of anilines is 2. The summed E-state index contributed by atoms with van der Waals surface area (Å²) >= 11 is 0. The van der Waals surface area contributed by atoms with E-state index in [2.05, 4.69) is 25.5 Å². The van der Waals surface area contributed by atoms with Gasteiger partial charge in [-0.25, -0.2) is 13.4 Å². The number of hydrogen-bond donors (Lipinski definition) is 2. The highest BCUT2D eigenvalue weighted by atomic mass is 32.2. The van der Waals surface area contributed by atoms with Crippen molar-refractivity contribution in [1.29, 1.82) is 0 Å². The van der Waals surface area contributed by atoms with Gasteiger partial charge in [-0.05, 0) is 51.3 Å². The predicted octanol–water partition coefficient (Wildman–Crippen LogP) is 2.34. The lowest BCUT2D eigenvalue weighted by Crippen LogP contribution is -2.30. The van der Waals surface area contributed by atoms with Crippen molar-refractivity contribution in [3.8, 4) is 0 Å². The van der Waals surface area contributed by atoms with E-state index in [-0.39, 0.29) is 17.2 Å². The molecule has 0 radical (unpaired) electrons. The number of hydrogen-bond acceptors (Lipinski definition) is 7. The molecule has 1 saturated heterocycles. The molecule has 1 aromatic heterocycles. The maximum Gasteiger partial charge on any atom is 0.224 e. The van der Waals surface area contributed by atoms with E-state index in [0.717, 1.165) is 30.2 Å². The Hall–Kier alpha value is -2.68. The third-order valence-electron chi connectivity index (χ3n) is 5.24. The Kier molecular flexibility index (Phi) is 7.48. The summed E-state index contributed by atoms with van der Waals surface area (Å²) in [6, 6.07) is 8.50. The van der Waals surface area contributed by atoms with Gasteiger partial charge in [0.2, 0.25) is 11.9 Å². The number of benzene rings is 1. The van der Waals surface area contributed by atoms with Gasteiger partial charge in [0.25, 0.3) is 0 Å². The summed E-state index contributed by atoms with van der Waals surface area (Å²) in [6.45, 7) is 8.26. The van der Waals surface area contributed by atoms with E-state index in [0.29, 0.717) is 19.0 Å². The molecule has 0 spiro atoms. The van der Waals surface area contributed by atoms with Crippen LogP contribution in [0.15, 0.2) is 35.2 Å². The minimum absolute atomic E-state index is 0.121. The third-order valence-corrected chi connectivity index (χ3v) is 7.41. The molecule has 1 amide bonds. The smallest absolute Gasteiger partial charge is 0.224 e. The lowest BCUT2D eigenvalue weighted by molar-refractivity contribution is -0.120. The molecule has 1 aliphatic heterocycles. The van der Waals surface area contributed by atoms with E-state index in [9.17, 15) is 13.2 Å². The lowest BCUT2D eigenvalue weighted by Gasteiger charge is -2.17. The van der Waals surface area contributed by atoms with Crippen molar-refractivity contribution in [3.63, 3.8) is 0 Å². The number of carbonyl (C=O) groups is 1. The van der Waals surface area contributed by atoms with Gasteiger partial charge in [-0.3, -0.25) is 4.79 Å². The Morgan fingerprint density at radius 2 is 1.77 bits per heavy atom. The number of carbonyl (C=O) groups excluding carboxylic acids is 1. The second-order valence-corrected chi connectivity index (χ2v) is 10.6. The molecule has 0 aliphatic carbocycles. The Morgan fingerprint density at radius 1 is 1.10 bits per heavy atom. The molecular weight excluding hydrogens is 414 g/mol. The van der Waals surface area contributed by atoms with E-state index in [1.54, 1.807) is 38.1 Å². The second-order valence-electron chi connectivity index (χ2n) is 8.08. The summed E-state index contributed by atoms with van der Waals surface area (Å²) in [7, 11) is -3.30. The summed E-state index contributed by atoms with van der Waals surface area (Å²) < 4.78 is 24.3. The molecule has 1 aliphatic rings. The van der Waals surface area contributed by atoms with Gasteiger partial charge in [0.05, 0.1) is 16.6 Å². The van der Waals surface area contributed by atoms with E-state index >= 15 is 0 Å².